The molecule has 0 radical (unpaired) electrons. The summed E-state index contributed by atoms with van der Waals surface area (Å²) in [5.74, 6) is 0.703. The van der Waals surface area contributed by atoms with Crippen LogP contribution >= 0.6 is 0 Å². The van der Waals surface area contributed by atoms with Crippen molar-refractivity contribution >= 4 is 12.4 Å². The Labute approximate surface area is 154 Å². The Morgan fingerprint density at radius 2 is 1.77 bits per heavy atom. The molecule has 0 aliphatic heterocycles. The highest BCUT2D eigenvalue weighted by Gasteiger charge is 2.15. The lowest BCUT2D eigenvalue weighted by atomic mass is 10.1. The fourth-order valence-corrected chi connectivity index (χ4v) is 2.00. The summed E-state index contributed by atoms with van der Waals surface area (Å²) in [6.45, 7) is 6.77. The van der Waals surface area contributed by atoms with E-state index in [9.17, 15) is 9.59 Å². The van der Waals surface area contributed by atoms with Crippen LogP contribution in [0.2, 0.25) is 0 Å². The molecule has 0 fully saturated rings. The maximum absolute atomic E-state index is 12.2. The number of para-hydroxylation sites is 1. The first kappa shape index (κ1) is 21.2. The number of benzene rings is 2. The van der Waals surface area contributed by atoms with Crippen molar-refractivity contribution in [3.05, 3.63) is 59.7 Å². The number of hydrogen-bond donors (Lipinski definition) is 1. The van der Waals surface area contributed by atoms with E-state index < -0.39 is 5.97 Å². The molecule has 6 nitrogen and oxygen atoms in total. The topological polar surface area (TPSA) is 73.9 Å². The van der Waals surface area contributed by atoms with Crippen LogP contribution in [-0.4, -0.2) is 25.6 Å². The minimum absolute atomic E-state index is 0.401. The Morgan fingerprint density at radius 1 is 1.04 bits per heavy atom. The number of esters is 1. The molecule has 0 saturated carbocycles. The van der Waals surface area contributed by atoms with Gasteiger partial charge in [-0.2, -0.15) is 0 Å². The molecular formula is C20H25NO5. The number of nitrogens with one attached hydrogen (secondary N) is 1. The zero-order chi connectivity index (χ0) is 19.2. The van der Waals surface area contributed by atoms with E-state index in [2.05, 4.69) is 11.8 Å². The van der Waals surface area contributed by atoms with E-state index >= 15 is 0 Å². The molecule has 1 N–H and O–H groups in total. The highest BCUT2D eigenvalue weighted by molar-refractivity contribution is 5.94. The van der Waals surface area contributed by atoms with E-state index in [0.29, 0.717) is 36.7 Å². The lowest BCUT2D eigenvalue weighted by molar-refractivity contribution is -0.120. The van der Waals surface area contributed by atoms with Crippen LogP contribution in [0.1, 0.15) is 36.7 Å². The summed E-state index contributed by atoms with van der Waals surface area (Å²) in [5, 5.41) is 0. The second kappa shape index (κ2) is 12.5. The summed E-state index contributed by atoms with van der Waals surface area (Å²) in [4.78, 5) is 25.9. The van der Waals surface area contributed by atoms with Crippen molar-refractivity contribution in [3.8, 4) is 11.5 Å². The molecule has 140 valence electrons. The molecule has 2 aromatic carbocycles. The summed E-state index contributed by atoms with van der Waals surface area (Å²) in [7, 11) is 0. The molecule has 0 saturated heterocycles. The SMILES string of the molecule is CCONC=O.CCOc1cc(CC)ccc1C(=O)Oc1ccccc1. The van der Waals surface area contributed by atoms with Gasteiger partial charge < -0.3 is 9.47 Å². The van der Waals surface area contributed by atoms with Crippen LogP contribution in [0.25, 0.3) is 0 Å². The summed E-state index contributed by atoms with van der Waals surface area (Å²) < 4.78 is 10.9. The van der Waals surface area contributed by atoms with Crippen molar-refractivity contribution in [1.82, 2.24) is 5.48 Å². The molecule has 0 spiro atoms. The number of amides is 1. The largest absolute Gasteiger partial charge is 0.493 e. The van der Waals surface area contributed by atoms with Gasteiger partial charge in [0.2, 0.25) is 6.41 Å². The number of carbonyl (C=O) groups excluding carboxylic acids is 2. The fraction of sp³-hybridized carbons (Fsp3) is 0.300. The number of hydrogen-bond acceptors (Lipinski definition) is 5. The summed E-state index contributed by atoms with van der Waals surface area (Å²) in [5.41, 5.74) is 3.60. The maximum Gasteiger partial charge on any atom is 0.347 e. The van der Waals surface area contributed by atoms with Gasteiger partial charge in [-0.1, -0.05) is 31.2 Å². The van der Waals surface area contributed by atoms with Crippen LogP contribution in [0, 0.1) is 0 Å². The average molecular weight is 359 g/mol. The Hall–Kier alpha value is -2.86. The van der Waals surface area contributed by atoms with Crippen molar-refractivity contribution in [2.75, 3.05) is 13.2 Å². The fourth-order valence-electron chi connectivity index (χ4n) is 2.00. The van der Waals surface area contributed by atoms with Crippen molar-refractivity contribution < 1.29 is 23.9 Å². The maximum atomic E-state index is 12.2. The number of hydroxylamine groups is 1. The van der Waals surface area contributed by atoms with Crippen molar-refractivity contribution in [1.29, 1.82) is 0 Å². The first-order valence-electron chi connectivity index (χ1n) is 8.50. The van der Waals surface area contributed by atoms with Gasteiger partial charge in [0.15, 0.2) is 0 Å². The van der Waals surface area contributed by atoms with Crippen LogP contribution in [-0.2, 0) is 16.1 Å². The van der Waals surface area contributed by atoms with E-state index in [4.69, 9.17) is 9.47 Å². The number of rotatable bonds is 8. The summed E-state index contributed by atoms with van der Waals surface area (Å²) in [6, 6.07) is 14.6. The molecule has 6 heteroatoms. The van der Waals surface area contributed by atoms with Gasteiger partial charge >= 0.3 is 5.97 Å². The van der Waals surface area contributed by atoms with Crippen LogP contribution in [0.15, 0.2) is 48.5 Å². The second-order valence-corrected chi connectivity index (χ2v) is 4.99. The lowest BCUT2D eigenvalue weighted by Crippen LogP contribution is -2.11. The molecule has 1 amide bonds. The predicted molar refractivity (Wildman–Crippen MR) is 99.2 cm³/mol. The van der Waals surface area contributed by atoms with Gasteiger partial charge in [0.05, 0.1) is 13.2 Å². The quantitative estimate of drug-likeness (QED) is 0.256. The van der Waals surface area contributed by atoms with Gasteiger partial charge in [-0.3, -0.25) is 9.63 Å². The molecule has 2 aromatic rings. The van der Waals surface area contributed by atoms with Gasteiger partial charge in [-0.25, -0.2) is 10.3 Å². The van der Waals surface area contributed by atoms with Gasteiger partial charge in [0.1, 0.15) is 17.1 Å². The van der Waals surface area contributed by atoms with Crippen LogP contribution < -0.4 is 15.0 Å². The smallest absolute Gasteiger partial charge is 0.347 e. The Morgan fingerprint density at radius 3 is 2.31 bits per heavy atom. The molecule has 2 rings (SSSR count). The molecule has 0 bridgehead atoms. The molecule has 0 heterocycles. The highest BCUT2D eigenvalue weighted by Crippen LogP contribution is 2.23. The third-order valence-electron chi connectivity index (χ3n) is 3.20. The molecule has 0 atom stereocenters. The number of carbonyl (C=O) groups is 2. The molecule has 0 aliphatic rings. The lowest BCUT2D eigenvalue weighted by Gasteiger charge is -2.11. The summed E-state index contributed by atoms with van der Waals surface area (Å²) >= 11 is 0. The molecule has 0 aromatic heterocycles. The van der Waals surface area contributed by atoms with E-state index in [-0.39, 0.29) is 0 Å². The third-order valence-corrected chi connectivity index (χ3v) is 3.20. The van der Waals surface area contributed by atoms with E-state index in [1.165, 1.54) is 0 Å². The standard InChI is InChI=1S/C17H18O3.C3H7NO2/c1-3-13-10-11-15(16(12-13)19-4-2)17(18)20-14-8-6-5-7-9-14;1-2-6-4-3-5/h5-12H,3-4H2,1-2H3;3H,2H2,1H3,(H,4,5). The van der Waals surface area contributed by atoms with Gasteiger partial charge in [0, 0.05) is 0 Å². The highest BCUT2D eigenvalue weighted by atomic mass is 16.6. The monoisotopic (exact) mass is 359 g/mol. The van der Waals surface area contributed by atoms with E-state index in [0.717, 1.165) is 12.0 Å². The number of aryl methyl sites for hydroxylation is 1. The summed E-state index contributed by atoms with van der Waals surface area (Å²) in [6.07, 6.45) is 1.39. The van der Waals surface area contributed by atoms with Crippen molar-refractivity contribution in [2.24, 2.45) is 0 Å². The van der Waals surface area contributed by atoms with Crippen LogP contribution in [0.3, 0.4) is 0 Å². The van der Waals surface area contributed by atoms with E-state index in [1.54, 1.807) is 25.1 Å². The zero-order valence-corrected chi connectivity index (χ0v) is 15.4. The minimum atomic E-state index is -0.401. The van der Waals surface area contributed by atoms with Crippen LogP contribution in [0.4, 0.5) is 0 Å². The third kappa shape index (κ3) is 7.36. The average Bonchev–Trinajstić information content (AvgIpc) is 2.67. The Balaban J connectivity index is 0.000000487. The van der Waals surface area contributed by atoms with E-state index in [1.807, 2.05) is 42.7 Å². The molecule has 0 aliphatic carbocycles. The molecule has 26 heavy (non-hydrogen) atoms. The zero-order valence-electron chi connectivity index (χ0n) is 15.4. The van der Waals surface area contributed by atoms with Crippen molar-refractivity contribution in [3.63, 3.8) is 0 Å². The normalized spacial score (nSPS) is 9.50. The molecule has 0 unspecified atom stereocenters. The minimum Gasteiger partial charge on any atom is -0.493 e. The predicted octanol–water partition coefficient (Wildman–Crippen LogP) is 3.55. The first-order chi connectivity index (χ1) is 12.7. The first-order valence-corrected chi connectivity index (χ1v) is 8.50. The number of ether oxygens (including phenoxy) is 2. The second-order valence-electron chi connectivity index (χ2n) is 4.99. The van der Waals surface area contributed by atoms with Gasteiger partial charge in [-0.15, -0.1) is 0 Å². The van der Waals surface area contributed by atoms with Gasteiger partial charge in [0.25, 0.3) is 0 Å². The Bertz CT molecular complexity index is 673. The van der Waals surface area contributed by atoms with Gasteiger partial charge in [-0.05, 0) is 50.1 Å². The van der Waals surface area contributed by atoms with Crippen LogP contribution in [0.5, 0.6) is 11.5 Å². The Kier molecular flexibility index (Phi) is 10.2. The van der Waals surface area contributed by atoms with Crippen molar-refractivity contribution in [2.45, 2.75) is 27.2 Å². The molecular weight excluding hydrogens is 334 g/mol.